The molecule has 2 heterocycles. The Morgan fingerprint density at radius 3 is 2.48 bits per heavy atom. The molecular weight excluding hydrogens is 469 g/mol. The van der Waals surface area contributed by atoms with E-state index < -0.39 is 49.0 Å². The second-order valence-corrected chi connectivity index (χ2v) is 10.1. The van der Waals surface area contributed by atoms with E-state index in [1.54, 1.807) is 24.3 Å². The summed E-state index contributed by atoms with van der Waals surface area (Å²) in [7, 11) is -5.73. The van der Waals surface area contributed by atoms with Crippen molar-refractivity contribution in [1.29, 1.82) is 0 Å². The van der Waals surface area contributed by atoms with Gasteiger partial charge in [-0.2, -0.15) is 13.2 Å². The van der Waals surface area contributed by atoms with Crippen LogP contribution in [0.2, 0.25) is 0 Å². The van der Waals surface area contributed by atoms with Crippen molar-refractivity contribution in [3.8, 4) is 5.75 Å². The molecule has 0 radical (unpaired) electrons. The highest BCUT2D eigenvalue weighted by Crippen LogP contribution is 2.48. The maximum atomic E-state index is 13.2. The lowest BCUT2D eigenvalue weighted by molar-refractivity contribution is -0.774. The zero-order chi connectivity index (χ0) is 24.3. The molecule has 0 unspecified atom stereocenters. The van der Waals surface area contributed by atoms with Crippen molar-refractivity contribution >= 4 is 15.7 Å². The highest BCUT2D eigenvalue weighted by Gasteiger charge is 2.53. The SMILES string of the molecule is CC1(C)Oc2ccc(S(=O)(=O)C(F)(F)F)cc2[C@H](N2Cc3ccccc3C2=O)[C@H]1O[N+](=O)[O-]. The van der Waals surface area contributed by atoms with E-state index in [0.29, 0.717) is 11.1 Å². The van der Waals surface area contributed by atoms with Gasteiger partial charge in [-0.1, -0.05) is 18.2 Å². The van der Waals surface area contributed by atoms with Crippen LogP contribution in [0.5, 0.6) is 5.75 Å². The molecule has 1 amide bonds. The lowest BCUT2D eigenvalue weighted by Gasteiger charge is -2.46. The number of fused-ring (bicyclic) bond motifs is 2. The van der Waals surface area contributed by atoms with Gasteiger partial charge in [-0.15, -0.1) is 10.1 Å². The fraction of sp³-hybridized carbons (Fsp3) is 0.350. The van der Waals surface area contributed by atoms with E-state index in [1.165, 1.54) is 18.7 Å². The Kier molecular flexibility index (Phi) is 5.07. The summed E-state index contributed by atoms with van der Waals surface area (Å²) in [4.78, 5) is 29.4. The van der Waals surface area contributed by atoms with E-state index in [9.17, 15) is 36.5 Å². The van der Waals surface area contributed by atoms with E-state index in [4.69, 9.17) is 9.57 Å². The molecule has 2 atom stereocenters. The molecule has 0 aromatic heterocycles. The van der Waals surface area contributed by atoms with Crippen molar-refractivity contribution in [1.82, 2.24) is 4.90 Å². The van der Waals surface area contributed by atoms with Crippen molar-refractivity contribution in [3.63, 3.8) is 0 Å². The molecule has 0 N–H and O–H groups in total. The number of hydrogen-bond donors (Lipinski definition) is 0. The van der Waals surface area contributed by atoms with Crippen LogP contribution in [0.15, 0.2) is 47.4 Å². The summed E-state index contributed by atoms with van der Waals surface area (Å²) >= 11 is 0. The minimum Gasteiger partial charge on any atom is -0.485 e. The van der Waals surface area contributed by atoms with Crippen LogP contribution in [-0.4, -0.2) is 41.5 Å². The Labute approximate surface area is 185 Å². The van der Waals surface area contributed by atoms with Gasteiger partial charge in [-0.05, 0) is 43.7 Å². The van der Waals surface area contributed by atoms with E-state index in [-0.39, 0.29) is 17.9 Å². The first-order chi connectivity index (χ1) is 15.2. The summed E-state index contributed by atoms with van der Waals surface area (Å²) in [5.41, 5.74) is -6.19. The van der Waals surface area contributed by atoms with Gasteiger partial charge in [-0.3, -0.25) is 4.79 Å². The minimum absolute atomic E-state index is 0.0109. The predicted octanol–water partition coefficient (Wildman–Crippen LogP) is 3.43. The number of halogens is 3. The third-order valence-electron chi connectivity index (χ3n) is 5.64. The number of sulfone groups is 1. The molecular formula is C20H17F3N2O7S. The van der Waals surface area contributed by atoms with Crippen LogP contribution >= 0.6 is 0 Å². The molecule has 13 heteroatoms. The minimum atomic E-state index is -5.73. The van der Waals surface area contributed by atoms with Gasteiger partial charge in [0.25, 0.3) is 20.8 Å². The van der Waals surface area contributed by atoms with E-state index in [1.807, 2.05) is 0 Å². The molecule has 2 aromatic rings. The first kappa shape index (κ1) is 22.8. The molecule has 0 spiro atoms. The largest absolute Gasteiger partial charge is 0.501 e. The van der Waals surface area contributed by atoms with Crippen LogP contribution in [0, 0.1) is 10.1 Å². The highest BCUT2D eigenvalue weighted by atomic mass is 32.2. The van der Waals surface area contributed by atoms with Crippen LogP contribution < -0.4 is 4.74 Å². The summed E-state index contributed by atoms with van der Waals surface area (Å²) in [6.07, 6.45) is -1.47. The molecule has 0 saturated heterocycles. The number of rotatable bonds is 4. The van der Waals surface area contributed by atoms with Gasteiger partial charge in [0.1, 0.15) is 11.4 Å². The zero-order valence-corrected chi connectivity index (χ0v) is 18.0. The fourth-order valence-electron chi connectivity index (χ4n) is 4.15. The number of hydrogen-bond acceptors (Lipinski definition) is 7. The molecule has 0 bridgehead atoms. The average molecular weight is 486 g/mol. The maximum absolute atomic E-state index is 13.2. The van der Waals surface area contributed by atoms with Crippen molar-refractivity contribution in [2.45, 2.75) is 48.5 Å². The van der Waals surface area contributed by atoms with E-state index in [2.05, 4.69) is 0 Å². The van der Waals surface area contributed by atoms with Gasteiger partial charge in [-0.25, -0.2) is 8.42 Å². The highest BCUT2D eigenvalue weighted by molar-refractivity contribution is 7.92. The van der Waals surface area contributed by atoms with Crippen molar-refractivity contribution < 1.29 is 41.0 Å². The van der Waals surface area contributed by atoms with Gasteiger partial charge < -0.3 is 14.5 Å². The lowest BCUT2D eigenvalue weighted by atomic mass is 9.85. The molecule has 0 saturated carbocycles. The molecule has 33 heavy (non-hydrogen) atoms. The summed E-state index contributed by atoms with van der Waals surface area (Å²) in [5, 5.41) is 10.2. The molecule has 2 aliphatic rings. The number of carbonyl (C=O) groups excluding carboxylic acids is 1. The normalized spacial score (nSPS) is 21.7. The van der Waals surface area contributed by atoms with Crippen molar-refractivity contribution in [3.05, 3.63) is 69.3 Å². The average Bonchev–Trinajstić information content (AvgIpc) is 3.03. The van der Waals surface area contributed by atoms with Crippen LogP contribution in [0.4, 0.5) is 13.2 Å². The Morgan fingerprint density at radius 1 is 1.21 bits per heavy atom. The molecule has 2 aliphatic heterocycles. The van der Waals surface area contributed by atoms with Crippen molar-refractivity contribution in [2.75, 3.05) is 0 Å². The maximum Gasteiger partial charge on any atom is 0.501 e. The van der Waals surface area contributed by atoms with Gasteiger partial charge in [0.15, 0.2) is 6.10 Å². The van der Waals surface area contributed by atoms with Crippen molar-refractivity contribution in [2.24, 2.45) is 0 Å². The smallest absolute Gasteiger partial charge is 0.485 e. The Bertz CT molecular complexity index is 1260. The third kappa shape index (κ3) is 3.65. The Hall–Kier alpha value is -3.35. The molecule has 4 rings (SSSR count). The van der Waals surface area contributed by atoms with Gasteiger partial charge >= 0.3 is 5.51 Å². The number of alkyl halides is 3. The topological polar surface area (TPSA) is 116 Å². The number of ether oxygens (including phenoxy) is 1. The van der Waals surface area contributed by atoms with Gasteiger partial charge in [0.05, 0.1) is 10.9 Å². The second-order valence-electron chi connectivity index (χ2n) is 8.14. The first-order valence-corrected chi connectivity index (χ1v) is 11.1. The zero-order valence-electron chi connectivity index (χ0n) is 17.2. The quantitative estimate of drug-likeness (QED) is 0.480. The van der Waals surface area contributed by atoms with Crippen LogP contribution in [-0.2, 0) is 21.2 Å². The molecule has 9 nitrogen and oxygen atoms in total. The molecule has 0 fully saturated rings. The van der Waals surface area contributed by atoms with Gasteiger partial charge in [0, 0.05) is 17.7 Å². The Morgan fingerprint density at radius 2 is 1.88 bits per heavy atom. The van der Waals surface area contributed by atoms with Gasteiger partial charge in [0.2, 0.25) is 0 Å². The molecule has 176 valence electrons. The number of benzene rings is 2. The monoisotopic (exact) mass is 486 g/mol. The summed E-state index contributed by atoms with van der Waals surface area (Å²) in [6.45, 7) is 2.92. The molecule has 2 aromatic carbocycles. The number of carbonyl (C=O) groups is 1. The summed E-state index contributed by atoms with van der Waals surface area (Å²) < 4.78 is 69.3. The standard InChI is InChI=1S/C20H17F3N2O7S/c1-19(2)17(32-25(27)28)16(24-10-11-5-3-4-6-13(11)18(24)26)14-9-12(7-8-15(14)31-19)33(29,30)20(21,22)23/h3-9,16-17H,10H2,1-2H3/t16-,17+/m0/s1. The second kappa shape index (κ2) is 7.33. The number of amides is 1. The van der Waals surface area contributed by atoms with E-state index in [0.717, 1.165) is 18.2 Å². The van der Waals surface area contributed by atoms with Crippen LogP contribution in [0.1, 0.15) is 41.4 Å². The predicted molar refractivity (Wildman–Crippen MR) is 105 cm³/mol. The van der Waals surface area contributed by atoms with E-state index >= 15 is 0 Å². The summed E-state index contributed by atoms with van der Waals surface area (Å²) in [5.74, 6) is -0.543. The lowest BCUT2D eigenvalue weighted by Crippen LogP contribution is -2.55. The molecule has 0 aliphatic carbocycles. The summed E-state index contributed by atoms with van der Waals surface area (Å²) in [6, 6.07) is 7.74. The van der Waals surface area contributed by atoms with Crippen LogP contribution in [0.3, 0.4) is 0 Å². The Balaban J connectivity index is 1.91. The third-order valence-corrected chi connectivity index (χ3v) is 7.13. The van der Waals surface area contributed by atoms with Crippen LogP contribution in [0.25, 0.3) is 0 Å². The fourth-order valence-corrected chi connectivity index (χ4v) is 4.94. The first-order valence-electron chi connectivity index (χ1n) is 9.58. The number of nitrogens with zero attached hydrogens (tertiary/aromatic N) is 2.